The fourth-order valence-corrected chi connectivity index (χ4v) is 2.28. The molecule has 0 saturated heterocycles. The van der Waals surface area contributed by atoms with Crippen molar-refractivity contribution in [2.75, 3.05) is 18.5 Å². The number of imidazole rings is 1. The van der Waals surface area contributed by atoms with E-state index in [4.69, 9.17) is 4.74 Å². The minimum atomic E-state index is -0.338. The van der Waals surface area contributed by atoms with Crippen molar-refractivity contribution in [1.82, 2.24) is 9.55 Å². The van der Waals surface area contributed by atoms with Gasteiger partial charge in [-0.1, -0.05) is 37.3 Å². The Hall–Kier alpha value is -2.30. The van der Waals surface area contributed by atoms with Gasteiger partial charge in [0.25, 0.3) is 0 Å². The lowest BCUT2D eigenvalue weighted by atomic mass is 10.1. The summed E-state index contributed by atoms with van der Waals surface area (Å²) in [6.45, 7) is 5.00. The summed E-state index contributed by atoms with van der Waals surface area (Å²) in [6.07, 6.45) is 1.64. The molecule has 22 heavy (non-hydrogen) atoms. The molecular weight excluding hydrogens is 278 g/mol. The van der Waals surface area contributed by atoms with Gasteiger partial charge >= 0.3 is 5.97 Å². The van der Waals surface area contributed by atoms with Gasteiger partial charge in [-0.05, 0) is 18.9 Å². The van der Waals surface area contributed by atoms with Gasteiger partial charge in [0, 0.05) is 20.0 Å². The van der Waals surface area contributed by atoms with Gasteiger partial charge in [0.2, 0.25) is 0 Å². The molecule has 1 N–H and O–H groups in total. The maximum absolute atomic E-state index is 12.2. The van der Waals surface area contributed by atoms with Crippen LogP contribution in [0.25, 0.3) is 0 Å². The fraction of sp³-hybridized carbons (Fsp3) is 0.412. The Labute approximate surface area is 131 Å². The predicted molar refractivity (Wildman–Crippen MR) is 87.2 cm³/mol. The predicted octanol–water partition coefficient (Wildman–Crippen LogP) is 3.01. The van der Waals surface area contributed by atoms with Crippen LogP contribution in [0.3, 0.4) is 0 Å². The molecule has 0 amide bonds. The zero-order valence-electron chi connectivity index (χ0n) is 13.4. The lowest BCUT2D eigenvalue weighted by Gasteiger charge is -2.07. The minimum Gasteiger partial charge on any atom is -0.461 e. The number of hydrogen-bond acceptors (Lipinski definition) is 4. The smallest absolute Gasteiger partial charge is 0.358 e. The molecule has 0 aliphatic heterocycles. The van der Waals surface area contributed by atoms with Crippen LogP contribution >= 0.6 is 0 Å². The SMILES string of the molecule is CCCNc1nc(Cc2ccccc2)n(C)c1C(=O)OCC. The third-order valence-corrected chi connectivity index (χ3v) is 3.40. The van der Waals surface area contributed by atoms with Crippen molar-refractivity contribution in [3.8, 4) is 0 Å². The summed E-state index contributed by atoms with van der Waals surface area (Å²) in [5, 5.41) is 3.22. The van der Waals surface area contributed by atoms with E-state index in [1.54, 1.807) is 6.92 Å². The summed E-state index contributed by atoms with van der Waals surface area (Å²) >= 11 is 0. The molecule has 0 fully saturated rings. The maximum atomic E-state index is 12.2. The van der Waals surface area contributed by atoms with Crippen molar-refractivity contribution in [2.45, 2.75) is 26.7 Å². The molecule has 5 nitrogen and oxygen atoms in total. The second-order valence-corrected chi connectivity index (χ2v) is 5.09. The first kappa shape index (κ1) is 16.1. The highest BCUT2D eigenvalue weighted by molar-refractivity contribution is 5.93. The minimum absolute atomic E-state index is 0.338. The van der Waals surface area contributed by atoms with Crippen LogP contribution in [0.15, 0.2) is 30.3 Å². The van der Waals surface area contributed by atoms with Crippen LogP contribution < -0.4 is 5.32 Å². The summed E-state index contributed by atoms with van der Waals surface area (Å²) in [6, 6.07) is 10.1. The molecule has 0 spiro atoms. The van der Waals surface area contributed by atoms with Crippen molar-refractivity contribution in [3.63, 3.8) is 0 Å². The molecule has 5 heteroatoms. The zero-order valence-corrected chi connectivity index (χ0v) is 13.4. The average molecular weight is 301 g/mol. The van der Waals surface area contributed by atoms with E-state index in [0.29, 0.717) is 24.5 Å². The Morgan fingerprint density at radius 1 is 1.27 bits per heavy atom. The molecule has 0 saturated carbocycles. The molecule has 0 radical (unpaired) electrons. The van der Waals surface area contributed by atoms with E-state index in [1.807, 2.05) is 29.8 Å². The Morgan fingerprint density at radius 3 is 2.64 bits per heavy atom. The fourth-order valence-electron chi connectivity index (χ4n) is 2.28. The first-order chi connectivity index (χ1) is 10.7. The van der Waals surface area contributed by atoms with Crippen LogP contribution in [0.1, 0.15) is 42.1 Å². The summed E-state index contributed by atoms with van der Waals surface area (Å²) in [5.74, 6) is 1.11. The zero-order chi connectivity index (χ0) is 15.9. The normalized spacial score (nSPS) is 10.5. The highest BCUT2D eigenvalue weighted by atomic mass is 16.5. The monoisotopic (exact) mass is 301 g/mol. The molecule has 0 unspecified atom stereocenters. The van der Waals surface area contributed by atoms with Crippen molar-refractivity contribution in [1.29, 1.82) is 0 Å². The van der Waals surface area contributed by atoms with Gasteiger partial charge in [0.15, 0.2) is 11.5 Å². The number of aromatic nitrogens is 2. The second-order valence-electron chi connectivity index (χ2n) is 5.09. The summed E-state index contributed by atoms with van der Waals surface area (Å²) < 4.78 is 6.98. The van der Waals surface area contributed by atoms with E-state index < -0.39 is 0 Å². The van der Waals surface area contributed by atoms with Crippen LogP contribution in [0.4, 0.5) is 5.82 Å². The highest BCUT2D eigenvalue weighted by Gasteiger charge is 2.22. The standard InChI is InChI=1S/C17H23N3O2/c1-4-11-18-16-15(17(21)22-5-2)20(3)14(19-16)12-13-9-7-6-8-10-13/h6-10,18H,4-5,11-12H2,1-3H3. The highest BCUT2D eigenvalue weighted by Crippen LogP contribution is 2.19. The molecular formula is C17H23N3O2. The summed E-state index contributed by atoms with van der Waals surface area (Å²) in [4.78, 5) is 16.8. The van der Waals surface area contributed by atoms with Gasteiger partial charge in [0.1, 0.15) is 5.82 Å². The molecule has 1 aromatic heterocycles. The number of carbonyl (C=O) groups excluding carboxylic acids is 1. The van der Waals surface area contributed by atoms with Gasteiger partial charge in [0.05, 0.1) is 6.61 Å². The Bertz CT molecular complexity index is 620. The van der Waals surface area contributed by atoms with E-state index in [9.17, 15) is 4.79 Å². The Balaban J connectivity index is 2.32. The Kier molecular flexibility index (Phi) is 5.58. The van der Waals surface area contributed by atoms with E-state index in [0.717, 1.165) is 24.4 Å². The molecule has 1 heterocycles. The largest absolute Gasteiger partial charge is 0.461 e. The first-order valence-electron chi connectivity index (χ1n) is 7.67. The number of ether oxygens (including phenoxy) is 1. The van der Waals surface area contributed by atoms with Crippen LogP contribution in [-0.4, -0.2) is 28.7 Å². The topological polar surface area (TPSA) is 56.2 Å². The number of benzene rings is 1. The molecule has 0 aliphatic rings. The number of esters is 1. The van der Waals surface area contributed by atoms with Gasteiger partial charge in [-0.15, -0.1) is 0 Å². The van der Waals surface area contributed by atoms with E-state index >= 15 is 0 Å². The van der Waals surface area contributed by atoms with Crippen molar-refractivity contribution in [3.05, 3.63) is 47.4 Å². The van der Waals surface area contributed by atoms with Gasteiger partial charge < -0.3 is 14.6 Å². The third-order valence-electron chi connectivity index (χ3n) is 3.40. The van der Waals surface area contributed by atoms with Gasteiger partial charge in [-0.3, -0.25) is 0 Å². The number of anilines is 1. The molecule has 0 aliphatic carbocycles. The average Bonchev–Trinajstić information content (AvgIpc) is 2.82. The van der Waals surface area contributed by atoms with Gasteiger partial charge in [-0.2, -0.15) is 0 Å². The number of nitrogens with zero attached hydrogens (tertiary/aromatic N) is 2. The van der Waals surface area contributed by atoms with E-state index in [2.05, 4.69) is 29.4 Å². The molecule has 2 rings (SSSR count). The maximum Gasteiger partial charge on any atom is 0.358 e. The van der Waals surface area contributed by atoms with Crippen molar-refractivity contribution >= 4 is 11.8 Å². The molecule has 118 valence electrons. The number of carbonyl (C=O) groups is 1. The second kappa shape index (κ2) is 7.64. The molecule has 0 bridgehead atoms. The van der Waals surface area contributed by atoms with Crippen LogP contribution in [0.5, 0.6) is 0 Å². The molecule has 0 atom stereocenters. The molecule has 2 aromatic rings. The lowest BCUT2D eigenvalue weighted by Crippen LogP contribution is -2.14. The number of rotatable bonds is 7. The summed E-state index contributed by atoms with van der Waals surface area (Å²) in [7, 11) is 1.86. The Morgan fingerprint density at radius 2 is 2.00 bits per heavy atom. The van der Waals surface area contributed by atoms with Crippen LogP contribution in [-0.2, 0) is 18.2 Å². The third kappa shape index (κ3) is 3.67. The first-order valence-corrected chi connectivity index (χ1v) is 7.67. The summed E-state index contributed by atoms with van der Waals surface area (Å²) in [5.41, 5.74) is 1.65. The number of nitrogens with one attached hydrogen (secondary N) is 1. The van der Waals surface area contributed by atoms with Crippen molar-refractivity contribution in [2.24, 2.45) is 7.05 Å². The van der Waals surface area contributed by atoms with Gasteiger partial charge in [-0.25, -0.2) is 9.78 Å². The molecule has 1 aromatic carbocycles. The van der Waals surface area contributed by atoms with E-state index in [1.165, 1.54) is 0 Å². The quantitative estimate of drug-likeness (QED) is 0.799. The van der Waals surface area contributed by atoms with Crippen molar-refractivity contribution < 1.29 is 9.53 Å². The number of hydrogen-bond donors (Lipinski definition) is 1. The van der Waals surface area contributed by atoms with Crippen LogP contribution in [0, 0.1) is 0 Å². The van der Waals surface area contributed by atoms with E-state index in [-0.39, 0.29) is 5.97 Å². The van der Waals surface area contributed by atoms with Crippen LogP contribution in [0.2, 0.25) is 0 Å². The lowest BCUT2D eigenvalue weighted by molar-refractivity contribution is 0.0516.